The molecule has 12 heteroatoms. The van der Waals surface area contributed by atoms with Crippen molar-refractivity contribution in [2.24, 2.45) is 5.73 Å². The van der Waals surface area contributed by atoms with E-state index >= 15 is 0 Å². The third-order valence-electron chi connectivity index (χ3n) is 5.54. The van der Waals surface area contributed by atoms with Crippen molar-refractivity contribution in [3.63, 3.8) is 0 Å². The van der Waals surface area contributed by atoms with Crippen LogP contribution >= 0.6 is 78.3 Å². The van der Waals surface area contributed by atoms with Crippen molar-refractivity contribution in [3.05, 3.63) is 130 Å². The Balaban J connectivity index is 0.000000215. The number of halogens is 6. The standard InChI is InChI=1S/C14H7BrCl2N2O.C13H9BrCl2N2O.CH4/c15-8-4-5-11-13(14(20)18-7-19(11)6-8)12-9(16)2-1-3-10(12)17;14-7-4-5-10(18-6-7)12(13(17)19)11-8(15)2-1-3-9(11)16;/h1-7H;1-6,12H,(H2,17,19);1H4. The summed E-state index contributed by atoms with van der Waals surface area (Å²) in [6.07, 6.45) is 4.88. The fourth-order valence-electron chi connectivity index (χ4n) is 3.84. The Morgan fingerprint density at radius 1 is 0.800 bits per heavy atom. The SMILES string of the molecule is C.NC(=O)C(c1ccc(Br)cn1)c1c(Cl)cccc1Cl.O=c1ncn2cc(Br)ccc2c1-c1c(Cl)cccc1Cl. The first kappa shape index (κ1) is 32.1. The lowest BCUT2D eigenvalue weighted by Gasteiger charge is -2.16. The van der Waals surface area contributed by atoms with Crippen LogP contribution in [0.5, 0.6) is 0 Å². The molecule has 0 fully saturated rings. The molecular formula is C28H20Br2Cl4N4O2. The molecular weight excluding hydrogens is 726 g/mol. The highest BCUT2D eigenvalue weighted by Crippen LogP contribution is 2.36. The summed E-state index contributed by atoms with van der Waals surface area (Å²) in [5, 5.41) is 1.63. The molecule has 1 amide bonds. The van der Waals surface area contributed by atoms with Crippen LogP contribution in [-0.2, 0) is 4.79 Å². The van der Waals surface area contributed by atoms with Gasteiger partial charge in [0.1, 0.15) is 12.2 Å². The van der Waals surface area contributed by atoms with Gasteiger partial charge in [-0.25, -0.2) is 0 Å². The van der Waals surface area contributed by atoms with Crippen LogP contribution in [0.25, 0.3) is 16.6 Å². The molecule has 0 bridgehead atoms. The predicted octanol–water partition coefficient (Wildman–Crippen LogP) is 8.83. The molecule has 0 aliphatic rings. The van der Waals surface area contributed by atoms with Gasteiger partial charge in [-0.15, -0.1) is 0 Å². The molecule has 0 radical (unpaired) electrons. The van der Waals surface area contributed by atoms with E-state index in [0.29, 0.717) is 48.0 Å². The monoisotopic (exact) mass is 742 g/mol. The Morgan fingerprint density at radius 3 is 1.93 bits per heavy atom. The largest absolute Gasteiger partial charge is 0.369 e. The number of amides is 1. The molecule has 6 nitrogen and oxygen atoms in total. The van der Waals surface area contributed by atoms with Crippen LogP contribution in [0.3, 0.4) is 0 Å². The highest BCUT2D eigenvalue weighted by Gasteiger charge is 2.26. The van der Waals surface area contributed by atoms with Crippen molar-refractivity contribution in [1.82, 2.24) is 14.4 Å². The van der Waals surface area contributed by atoms with Gasteiger partial charge in [0.25, 0.3) is 5.56 Å². The number of carbonyl (C=O) groups is 1. The molecule has 5 aromatic rings. The molecule has 0 spiro atoms. The van der Waals surface area contributed by atoms with E-state index < -0.39 is 11.8 Å². The maximum atomic E-state index is 12.2. The van der Waals surface area contributed by atoms with Crippen LogP contribution in [0, 0.1) is 0 Å². The smallest absolute Gasteiger partial charge is 0.281 e. The van der Waals surface area contributed by atoms with E-state index in [4.69, 9.17) is 52.1 Å². The number of rotatable bonds is 4. The minimum atomic E-state index is -0.769. The Labute approximate surface area is 267 Å². The van der Waals surface area contributed by atoms with Gasteiger partial charge in [0.2, 0.25) is 5.91 Å². The van der Waals surface area contributed by atoms with Gasteiger partial charge in [0.15, 0.2) is 0 Å². The number of hydrogen-bond acceptors (Lipinski definition) is 4. The molecule has 2 N–H and O–H groups in total. The minimum absolute atomic E-state index is 0. The van der Waals surface area contributed by atoms with E-state index in [1.807, 2.05) is 18.3 Å². The van der Waals surface area contributed by atoms with E-state index in [1.54, 1.807) is 59.1 Å². The lowest BCUT2D eigenvalue weighted by Crippen LogP contribution is -2.23. The van der Waals surface area contributed by atoms with Crippen LogP contribution < -0.4 is 11.3 Å². The Kier molecular flexibility index (Phi) is 11.2. The minimum Gasteiger partial charge on any atom is -0.369 e. The topological polar surface area (TPSA) is 90.4 Å². The summed E-state index contributed by atoms with van der Waals surface area (Å²) in [4.78, 5) is 32.0. The maximum Gasteiger partial charge on any atom is 0.281 e. The third kappa shape index (κ3) is 7.05. The number of benzene rings is 2. The van der Waals surface area contributed by atoms with Gasteiger partial charge >= 0.3 is 0 Å². The van der Waals surface area contributed by atoms with Gasteiger partial charge in [-0.05, 0) is 80.4 Å². The Morgan fingerprint density at radius 2 is 1.38 bits per heavy atom. The number of hydrogen-bond donors (Lipinski definition) is 1. The van der Waals surface area contributed by atoms with Crippen LogP contribution in [0.4, 0.5) is 0 Å². The molecule has 3 heterocycles. The second kappa shape index (κ2) is 13.9. The van der Waals surface area contributed by atoms with Gasteiger partial charge in [-0.3, -0.25) is 14.6 Å². The van der Waals surface area contributed by atoms with E-state index in [0.717, 1.165) is 8.95 Å². The maximum absolute atomic E-state index is 12.2. The number of primary amides is 1. The van der Waals surface area contributed by atoms with Crippen molar-refractivity contribution >= 4 is 89.7 Å². The molecule has 3 aromatic heterocycles. The lowest BCUT2D eigenvalue weighted by molar-refractivity contribution is -0.118. The van der Waals surface area contributed by atoms with Crippen molar-refractivity contribution < 1.29 is 4.79 Å². The molecule has 0 aliphatic carbocycles. The summed E-state index contributed by atoms with van der Waals surface area (Å²) in [5.74, 6) is -1.32. The average Bonchev–Trinajstić information content (AvgIpc) is 2.88. The van der Waals surface area contributed by atoms with Crippen LogP contribution in [-0.4, -0.2) is 20.3 Å². The van der Waals surface area contributed by atoms with E-state index in [9.17, 15) is 9.59 Å². The van der Waals surface area contributed by atoms with Gasteiger partial charge in [0.05, 0.1) is 26.8 Å². The van der Waals surface area contributed by atoms with Crippen molar-refractivity contribution in [3.8, 4) is 11.1 Å². The zero-order valence-corrected chi connectivity index (χ0v) is 25.8. The number of nitrogens with two attached hydrogens (primary N) is 1. The first-order chi connectivity index (χ1) is 18.6. The summed E-state index contributed by atoms with van der Waals surface area (Å²) >= 11 is 31.3. The molecule has 5 rings (SSSR count). The van der Waals surface area contributed by atoms with Crippen molar-refractivity contribution in [2.75, 3.05) is 0 Å². The van der Waals surface area contributed by atoms with Crippen LogP contribution in [0.2, 0.25) is 20.1 Å². The van der Waals surface area contributed by atoms with Crippen LogP contribution in [0.1, 0.15) is 24.6 Å². The molecule has 1 unspecified atom stereocenters. The zero-order chi connectivity index (χ0) is 28.3. The number of aromatic nitrogens is 3. The number of fused-ring (bicyclic) bond motifs is 1. The lowest BCUT2D eigenvalue weighted by atomic mass is 9.94. The Bertz CT molecular complexity index is 1710. The average molecular weight is 746 g/mol. The van der Waals surface area contributed by atoms with Gasteiger partial charge < -0.3 is 10.1 Å². The second-order valence-corrected chi connectivity index (χ2v) is 11.5. The predicted molar refractivity (Wildman–Crippen MR) is 171 cm³/mol. The number of nitrogens with zero attached hydrogens (tertiary/aromatic N) is 3. The summed E-state index contributed by atoms with van der Waals surface area (Å²) in [6, 6.07) is 17.3. The zero-order valence-electron chi connectivity index (χ0n) is 19.6. The summed E-state index contributed by atoms with van der Waals surface area (Å²) < 4.78 is 3.44. The highest BCUT2D eigenvalue weighted by atomic mass is 79.9. The third-order valence-corrected chi connectivity index (χ3v) is 7.77. The second-order valence-electron chi connectivity index (χ2n) is 8.03. The van der Waals surface area contributed by atoms with E-state index in [2.05, 4.69) is 41.8 Å². The number of carbonyl (C=O) groups excluding carboxylic acids is 1. The molecule has 1 atom stereocenters. The molecule has 40 heavy (non-hydrogen) atoms. The highest BCUT2D eigenvalue weighted by molar-refractivity contribution is 9.10. The first-order valence-electron chi connectivity index (χ1n) is 11.0. The fourth-order valence-corrected chi connectivity index (χ4v) is 5.63. The van der Waals surface area contributed by atoms with Gasteiger partial charge in [-0.2, -0.15) is 4.98 Å². The van der Waals surface area contributed by atoms with Crippen molar-refractivity contribution in [2.45, 2.75) is 13.3 Å². The van der Waals surface area contributed by atoms with E-state index in [1.165, 1.54) is 6.33 Å². The van der Waals surface area contributed by atoms with E-state index in [-0.39, 0.29) is 13.0 Å². The fraction of sp³-hybridized carbons (Fsp3) is 0.0714. The summed E-state index contributed by atoms with van der Waals surface area (Å²) in [6.45, 7) is 0. The Hall–Kier alpha value is -2.46. The number of pyridine rings is 2. The molecule has 0 saturated carbocycles. The first-order valence-corrected chi connectivity index (χ1v) is 14.1. The van der Waals surface area contributed by atoms with Crippen LogP contribution in [0.15, 0.2) is 93.1 Å². The van der Waals surface area contributed by atoms with Crippen molar-refractivity contribution in [1.29, 1.82) is 0 Å². The summed E-state index contributed by atoms with van der Waals surface area (Å²) in [7, 11) is 0. The molecule has 206 valence electrons. The molecule has 0 aliphatic heterocycles. The quantitative estimate of drug-likeness (QED) is 0.199. The molecule has 2 aromatic carbocycles. The molecule has 0 saturated heterocycles. The normalized spacial score (nSPS) is 11.2. The summed E-state index contributed by atoms with van der Waals surface area (Å²) in [5.41, 5.74) is 7.70. The van der Waals surface area contributed by atoms with Gasteiger partial charge in [-0.1, -0.05) is 66.0 Å². The van der Waals surface area contributed by atoms with Gasteiger partial charge in [0, 0.05) is 42.5 Å².